The Morgan fingerprint density at radius 1 is 0.833 bits per heavy atom. The summed E-state index contributed by atoms with van der Waals surface area (Å²) in [6.45, 7) is 3.06. The SMILES string of the molecule is CCN1c2ccccc2C=C(c2ccc3ccccc3n2)[C@H]1C#Cc1ccccc1. The molecule has 0 amide bonds. The number of fused-ring (bicyclic) bond motifs is 2. The molecule has 0 bridgehead atoms. The van der Waals surface area contributed by atoms with E-state index < -0.39 is 0 Å². The molecule has 1 atom stereocenters. The van der Waals surface area contributed by atoms with Crippen LogP contribution in [0.1, 0.15) is 23.7 Å². The second-order valence-electron chi connectivity index (χ2n) is 7.37. The van der Waals surface area contributed by atoms with Gasteiger partial charge in [0.2, 0.25) is 0 Å². The number of pyridine rings is 1. The second-order valence-corrected chi connectivity index (χ2v) is 7.37. The normalized spacial score (nSPS) is 15.2. The summed E-state index contributed by atoms with van der Waals surface area (Å²) in [5, 5.41) is 1.15. The standard InChI is InChI=1S/C28H22N2/c1-2-30-27-15-9-7-13-23(27)20-24(28(30)19-16-21-10-4-3-5-11-21)26-18-17-22-12-6-8-14-25(22)29-26/h3-15,17-18,20,28H,2H2,1H3/t28-/m1/s1. The summed E-state index contributed by atoms with van der Waals surface area (Å²) in [4.78, 5) is 7.36. The van der Waals surface area contributed by atoms with Gasteiger partial charge in [-0.2, -0.15) is 0 Å². The molecule has 1 aliphatic heterocycles. The van der Waals surface area contributed by atoms with Crippen molar-refractivity contribution in [3.05, 3.63) is 108 Å². The third kappa shape index (κ3) is 3.36. The summed E-state index contributed by atoms with van der Waals surface area (Å²) in [6, 6.07) is 31.2. The van der Waals surface area contributed by atoms with E-state index in [0.29, 0.717) is 0 Å². The first-order valence-electron chi connectivity index (χ1n) is 10.3. The number of hydrogen-bond acceptors (Lipinski definition) is 2. The molecule has 5 rings (SSSR count). The molecule has 0 aliphatic carbocycles. The fourth-order valence-corrected chi connectivity index (χ4v) is 4.05. The Balaban J connectivity index is 1.67. The maximum atomic E-state index is 4.98. The first-order chi connectivity index (χ1) is 14.8. The topological polar surface area (TPSA) is 16.1 Å². The van der Waals surface area contributed by atoms with Crippen molar-refractivity contribution in [2.75, 3.05) is 11.4 Å². The molecule has 1 aromatic heterocycles. The summed E-state index contributed by atoms with van der Waals surface area (Å²) in [6.07, 6.45) is 2.25. The van der Waals surface area contributed by atoms with Gasteiger partial charge in [0.1, 0.15) is 6.04 Å². The van der Waals surface area contributed by atoms with E-state index in [2.05, 4.69) is 90.4 Å². The molecular formula is C28H22N2. The minimum Gasteiger partial charge on any atom is -0.353 e. The lowest BCUT2D eigenvalue weighted by Crippen LogP contribution is -2.37. The molecule has 0 saturated heterocycles. The highest BCUT2D eigenvalue weighted by Gasteiger charge is 2.27. The Hall–Kier alpha value is -3.83. The minimum atomic E-state index is -0.0567. The van der Waals surface area contributed by atoms with Crippen LogP contribution >= 0.6 is 0 Å². The van der Waals surface area contributed by atoms with Crippen LogP contribution in [0.2, 0.25) is 0 Å². The summed E-state index contributed by atoms with van der Waals surface area (Å²) in [7, 11) is 0. The monoisotopic (exact) mass is 386 g/mol. The number of nitrogens with zero attached hydrogens (tertiary/aromatic N) is 2. The van der Waals surface area contributed by atoms with Crippen molar-refractivity contribution in [3.63, 3.8) is 0 Å². The quantitative estimate of drug-likeness (QED) is 0.391. The second kappa shape index (κ2) is 7.89. The van der Waals surface area contributed by atoms with E-state index in [4.69, 9.17) is 4.98 Å². The molecule has 4 aromatic rings. The van der Waals surface area contributed by atoms with Crippen molar-refractivity contribution in [1.82, 2.24) is 4.98 Å². The fourth-order valence-electron chi connectivity index (χ4n) is 4.05. The van der Waals surface area contributed by atoms with E-state index in [0.717, 1.165) is 34.3 Å². The lowest BCUT2D eigenvalue weighted by atomic mass is 9.92. The number of hydrogen-bond donors (Lipinski definition) is 0. The molecule has 0 saturated carbocycles. The van der Waals surface area contributed by atoms with Crippen LogP contribution in [0.3, 0.4) is 0 Å². The first kappa shape index (κ1) is 18.2. The number of para-hydroxylation sites is 2. The predicted molar refractivity (Wildman–Crippen MR) is 126 cm³/mol. The van der Waals surface area contributed by atoms with Gasteiger partial charge in [0.25, 0.3) is 0 Å². The van der Waals surface area contributed by atoms with Gasteiger partial charge >= 0.3 is 0 Å². The zero-order chi connectivity index (χ0) is 20.3. The van der Waals surface area contributed by atoms with E-state index >= 15 is 0 Å². The van der Waals surface area contributed by atoms with E-state index in [-0.39, 0.29) is 6.04 Å². The summed E-state index contributed by atoms with van der Waals surface area (Å²) in [5.74, 6) is 6.93. The molecule has 0 spiro atoms. The Bertz CT molecular complexity index is 1290. The molecule has 30 heavy (non-hydrogen) atoms. The number of likely N-dealkylation sites (N-methyl/N-ethyl adjacent to an activating group) is 1. The Labute approximate surface area is 177 Å². The van der Waals surface area contributed by atoms with E-state index in [1.807, 2.05) is 30.3 Å². The summed E-state index contributed by atoms with van der Waals surface area (Å²) >= 11 is 0. The van der Waals surface area contributed by atoms with Crippen molar-refractivity contribution < 1.29 is 0 Å². The van der Waals surface area contributed by atoms with Gasteiger partial charge in [-0.25, -0.2) is 4.98 Å². The molecule has 1 aliphatic rings. The fraction of sp³-hybridized carbons (Fsp3) is 0.107. The number of aromatic nitrogens is 1. The Kier molecular flexibility index (Phi) is 4.79. The predicted octanol–water partition coefficient (Wildman–Crippen LogP) is 6.04. The van der Waals surface area contributed by atoms with Crippen molar-refractivity contribution >= 4 is 28.2 Å². The largest absolute Gasteiger partial charge is 0.353 e. The van der Waals surface area contributed by atoms with Crippen LogP contribution in [-0.4, -0.2) is 17.6 Å². The average molecular weight is 386 g/mol. The minimum absolute atomic E-state index is 0.0567. The first-order valence-corrected chi connectivity index (χ1v) is 10.3. The van der Waals surface area contributed by atoms with Crippen molar-refractivity contribution in [3.8, 4) is 11.8 Å². The van der Waals surface area contributed by atoms with Crippen LogP contribution in [-0.2, 0) is 0 Å². The maximum absolute atomic E-state index is 4.98. The highest BCUT2D eigenvalue weighted by molar-refractivity contribution is 5.95. The van der Waals surface area contributed by atoms with E-state index in [1.165, 1.54) is 11.3 Å². The molecule has 2 heterocycles. The van der Waals surface area contributed by atoms with Crippen LogP contribution in [0.15, 0.2) is 91.0 Å². The molecule has 0 N–H and O–H groups in total. The molecule has 144 valence electrons. The molecule has 0 fully saturated rings. The number of rotatable bonds is 2. The number of anilines is 1. The maximum Gasteiger partial charge on any atom is 0.118 e. The van der Waals surface area contributed by atoms with Gasteiger partial charge in [0, 0.05) is 28.8 Å². The lowest BCUT2D eigenvalue weighted by molar-refractivity contribution is 0.830. The van der Waals surface area contributed by atoms with Crippen LogP contribution in [0.4, 0.5) is 5.69 Å². The van der Waals surface area contributed by atoms with Gasteiger partial charge in [0.15, 0.2) is 0 Å². The molecule has 0 unspecified atom stereocenters. The third-order valence-corrected chi connectivity index (χ3v) is 5.53. The molecular weight excluding hydrogens is 364 g/mol. The molecule has 2 heteroatoms. The van der Waals surface area contributed by atoms with Crippen LogP contribution in [0, 0.1) is 11.8 Å². The summed E-state index contributed by atoms with van der Waals surface area (Å²) < 4.78 is 0. The molecule has 2 nitrogen and oxygen atoms in total. The Morgan fingerprint density at radius 3 is 2.47 bits per heavy atom. The van der Waals surface area contributed by atoms with Gasteiger partial charge in [-0.05, 0) is 48.9 Å². The van der Waals surface area contributed by atoms with Crippen LogP contribution in [0.25, 0.3) is 22.6 Å². The lowest BCUT2D eigenvalue weighted by Gasteiger charge is -2.35. The van der Waals surface area contributed by atoms with E-state index in [9.17, 15) is 0 Å². The zero-order valence-electron chi connectivity index (χ0n) is 16.9. The highest BCUT2D eigenvalue weighted by Crippen LogP contribution is 2.36. The molecule has 3 aromatic carbocycles. The third-order valence-electron chi connectivity index (χ3n) is 5.53. The highest BCUT2D eigenvalue weighted by atomic mass is 15.2. The van der Waals surface area contributed by atoms with E-state index in [1.54, 1.807) is 0 Å². The van der Waals surface area contributed by atoms with Gasteiger partial charge < -0.3 is 4.90 Å². The van der Waals surface area contributed by atoms with Crippen molar-refractivity contribution in [2.24, 2.45) is 0 Å². The molecule has 0 radical (unpaired) electrons. The van der Waals surface area contributed by atoms with Crippen LogP contribution in [0.5, 0.6) is 0 Å². The van der Waals surface area contributed by atoms with Crippen molar-refractivity contribution in [2.45, 2.75) is 13.0 Å². The van der Waals surface area contributed by atoms with Crippen molar-refractivity contribution in [1.29, 1.82) is 0 Å². The van der Waals surface area contributed by atoms with Gasteiger partial charge in [-0.1, -0.05) is 72.5 Å². The summed E-state index contributed by atoms with van der Waals surface area (Å²) in [5.41, 5.74) is 6.59. The zero-order valence-corrected chi connectivity index (χ0v) is 16.9. The Morgan fingerprint density at radius 2 is 1.60 bits per heavy atom. The smallest absolute Gasteiger partial charge is 0.118 e. The van der Waals surface area contributed by atoms with Gasteiger partial charge in [-0.15, -0.1) is 0 Å². The number of benzene rings is 3. The average Bonchev–Trinajstić information content (AvgIpc) is 2.82. The van der Waals surface area contributed by atoms with Gasteiger partial charge in [-0.3, -0.25) is 0 Å². The van der Waals surface area contributed by atoms with Crippen LogP contribution < -0.4 is 4.90 Å². The van der Waals surface area contributed by atoms with Gasteiger partial charge in [0.05, 0.1) is 11.2 Å².